The minimum Gasteiger partial charge on any atom is -0.487 e. The van der Waals surface area contributed by atoms with Crippen molar-refractivity contribution >= 4 is 44.8 Å². The van der Waals surface area contributed by atoms with E-state index >= 15 is 0 Å². The number of carbonyl (C=O) groups is 1. The summed E-state index contributed by atoms with van der Waals surface area (Å²) < 4.78 is 32.6. The molecular formula is C28H30Cl2N2O4S. The molecule has 0 radical (unpaired) electrons. The van der Waals surface area contributed by atoms with Crippen molar-refractivity contribution in [1.29, 1.82) is 0 Å². The second kappa shape index (κ2) is 10.9. The maximum Gasteiger partial charge on any atom is 0.251 e. The van der Waals surface area contributed by atoms with Crippen molar-refractivity contribution in [3.05, 3.63) is 93.5 Å². The van der Waals surface area contributed by atoms with Crippen LogP contribution >= 0.6 is 23.2 Å². The molecule has 0 fully saturated rings. The second-order valence-electron chi connectivity index (χ2n) is 9.30. The van der Waals surface area contributed by atoms with E-state index in [4.69, 9.17) is 27.9 Å². The molecule has 4 rings (SSSR count). The Labute approximate surface area is 228 Å². The number of anilines is 1. The molecule has 0 saturated carbocycles. The number of ether oxygens (including phenoxy) is 1. The zero-order valence-corrected chi connectivity index (χ0v) is 23.3. The number of hydrogen-bond donors (Lipinski definition) is 1. The van der Waals surface area contributed by atoms with Gasteiger partial charge in [-0.1, -0.05) is 73.4 Å². The number of sulfonamides is 1. The summed E-state index contributed by atoms with van der Waals surface area (Å²) in [6.07, 6.45) is 3.48. The normalized spacial score (nSPS) is 16.4. The average molecular weight is 562 g/mol. The number of halogens is 2. The van der Waals surface area contributed by atoms with Crippen molar-refractivity contribution in [2.24, 2.45) is 0 Å². The van der Waals surface area contributed by atoms with Gasteiger partial charge in [0.2, 0.25) is 10.0 Å². The summed E-state index contributed by atoms with van der Waals surface area (Å²) in [6, 6.07) is 19.4. The van der Waals surface area contributed by atoms with Crippen molar-refractivity contribution in [2.45, 2.75) is 51.3 Å². The second-order valence-corrected chi connectivity index (χ2v) is 12.0. The summed E-state index contributed by atoms with van der Waals surface area (Å²) in [4.78, 5) is 13.2. The Morgan fingerprint density at radius 2 is 1.70 bits per heavy atom. The van der Waals surface area contributed by atoms with Gasteiger partial charge >= 0.3 is 0 Å². The first-order valence-electron chi connectivity index (χ1n) is 12.2. The SMILES string of the molecule is CCC1(CC)CC(NC(=O)c2ccc(CN(c3cccc(Cl)c3Cl)S(C)(=O)=O)cc2)c2ccccc2O1. The molecule has 0 aliphatic carbocycles. The lowest BCUT2D eigenvalue weighted by Crippen LogP contribution is -2.44. The molecule has 6 nitrogen and oxygen atoms in total. The predicted molar refractivity (Wildman–Crippen MR) is 149 cm³/mol. The Bertz CT molecular complexity index is 1390. The highest BCUT2D eigenvalue weighted by Crippen LogP contribution is 2.42. The molecule has 37 heavy (non-hydrogen) atoms. The highest BCUT2D eigenvalue weighted by Gasteiger charge is 2.39. The van der Waals surface area contributed by atoms with E-state index in [1.165, 1.54) is 4.31 Å². The number of nitrogens with one attached hydrogen (secondary N) is 1. The third-order valence-electron chi connectivity index (χ3n) is 6.93. The van der Waals surface area contributed by atoms with Crippen LogP contribution in [0.4, 0.5) is 5.69 Å². The minimum absolute atomic E-state index is 0.0453. The molecule has 3 aromatic rings. The van der Waals surface area contributed by atoms with Crippen LogP contribution in [0.1, 0.15) is 60.6 Å². The molecule has 9 heteroatoms. The third-order valence-corrected chi connectivity index (χ3v) is 8.87. The summed E-state index contributed by atoms with van der Waals surface area (Å²) in [5.41, 5.74) is 2.12. The first-order valence-corrected chi connectivity index (χ1v) is 14.8. The van der Waals surface area contributed by atoms with E-state index in [1.807, 2.05) is 24.3 Å². The molecule has 1 aliphatic heterocycles. The van der Waals surface area contributed by atoms with Gasteiger partial charge in [0.15, 0.2) is 0 Å². The van der Waals surface area contributed by atoms with Crippen molar-refractivity contribution in [1.82, 2.24) is 5.32 Å². The smallest absolute Gasteiger partial charge is 0.251 e. The monoisotopic (exact) mass is 560 g/mol. The summed E-state index contributed by atoms with van der Waals surface area (Å²) in [7, 11) is -3.65. The molecule has 1 unspecified atom stereocenters. The van der Waals surface area contributed by atoms with Crippen LogP contribution in [0.5, 0.6) is 5.75 Å². The van der Waals surface area contributed by atoms with Gasteiger partial charge in [-0.05, 0) is 48.7 Å². The van der Waals surface area contributed by atoms with E-state index < -0.39 is 10.0 Å². The summed E-state index contributed by atoms with van der Waals surface area (Å²) in [6.45, 7) is 4.25. The van der Waals surface area contributed by atoms with Crippen LogP contribution in [-0.2, 0) is 16.6 Å². The lowest BCUT2D eigenvalue weighted by molar-refractivity contribution is 0.0227. The molecule has 3 aromatic carbocycles. The standard InChI is InChI=1S/C28H30Cl2N2O4S/c1-4-28(5-2)17-23(21-9-6-7-12-25(21)36-28)31-27(33)20-15-13-19(14-16-20)18-32(37(3,34)35)24-11-8-10-22(29)26(24)30/h6-16,23H,4-5,17-18H2,1-3H3,(H,31,33). The van der Waals surface area contributed by atoms with Crippen LogP contribution in [0, 0.1) is 0 Å². The van der Waals surface area contributed by atoms with E-state index in [0.717, 1.165) is 30.4 Å². The number of benzene rings is 3. The summed E-state index contributed by atoms with van der Waals surface area (Å²) in [5, 5.41) is 3.61. The average Bonchev–Trinajstić information content (AvgIpc) is 2.88. The molecule has 0 bridgehead atoms. The molecule has 196 valence electrons. The van der Waals surface area contributed by atoms with Crippen molar-refractivity contribution in [3.63, 3.8) is 0 Å². The number of fused-ring (bicyclic) bond motifs is 1. The van der Waals surface area contributed by atoms with Gasteiger partial charge < -0.3 is 10.1 Å². The Balaban J connectivity index is 1.54. The number of amides is 1. The van der Waals surface area contributed by atoms with Gasteiger partial charge in [0.25, 0.3) is 5.91 Å². The Kier molecular flexibility index (Phi) is 8.07. The predicted octanol–water partition coefficient (Wildman–Crippen LogP) is 6.77. The van der Waals surface area contributed by atoms with Crippen LogP contribution in [0.3, 0.4) is 0 Å². The van der Waals surface area contributed by atoms with Crippen molar-refractivity contribution in [2.75, 3.05) is 10.6 Å². The van der Waals surface area contributed by atoms with Crippen LogP contribution in [0.2, 0.25) is 10.0 Å². The Morgan fingerprint density at radius 1 is 1.03 bits per heavy atom. The first kappa shape index (κ1) is 27.3. The number of carbonyl (C=O) groups excluding carboxylic acids is 1. The van der Waals surface area contributed by atoms with Gasteiger partial charge in [-0.2, -0.15) is 0 Å². The lowest BCUT2D eigenvalue weighted by atomic mass is 9.83. The third kappa shape index (κ3) is 5.89. The molecule has 1 aliphatic rings. The lowest BCUT2D eigenvalue weighted by Gasteiger charge is -2.41. The molecule has 1 heterocycles. The maximum absolute atomic E-state index is 13.2. The number of hydrogen-bond acceptors (Lipinski definition) is 4. The molecule has 0 aromatic heterocycles. The Morgan fingerprint density at radius 3 is 2.35 bits per heavy atom. The van der Waals surface area contributed by atoms with Crippen molar-refractivity contribution < 1.29 is 17.9 Å². The molecule has 1 amide bonds. The van der Waals surface area contributed by atoms with Gasteiger partial charge in [0.05, 0.1) is 34.6 Å². The molecule has 0 saturated heterocycles. The maximum atomic E-state index is 13.2. The zero-order chi connectivity index (χ0) is 26.8. The molecule has 0 spiro atoms. The first-order chi connectivity index (χ1) is 17.6. The van der Waals surface area contributed by atoms with Crippen molar-refractivity contribution in [3.8, 4) is 5.75 Å². The van der Waals surface area contributed by atoms with Gasteiger partial charge in [-0.3, -0.25) is 9.10 Å². The van der Waals surface area contributed by atoms with Crippen LogP contribution in [-0.4, -0.2) is 26.2 Å². The Hall–Kier alpha value is -2.74. The fourth-order valence-electron chi connectivity index (χ4n) is 4.67. The van der Waals surface area contributed by atoms with E-state index in [2.05, 4.69) is 19.2 Å². The van der Waals surface area contributed by atoms with Crippen LogP contribution < -0.4 is 14.4 Å². The number of para-hydroxylation sites is 1. The zero-order valence-electron chi connectivity index (χ0n) is 21.0. The quantitative estimate of drug-likeness (QED) is 0.329. The molecule has 1 atom stereocenters. The van der Waals surface area contributed by atoms with E-state index in [9.17, 15) is 13.2 Å². The number of rotatable bonds is 8. The van der Waals surface area contributed by atoms with E-state index in [0.29, 0.717) is 23.2 Å². The minimum atomic E-state index is -3.65. The van der Waals surface area contributed by atoms with E-state index in [-0.39, 0.29) is 34.1 Å². The fourth-order valence-corrected chi connectivity index (χ4v) is 6.01. The fraction of sp³-hybridized carbons (Fsp3) is 0.321. The topological polar surface area (TPSA) is 75.7 Å². The van der Waals surface area contributed by atoms with Gasteiger partial charge in [0.1, 0.15) is 11.4 Å². The van der Waals surface area contributed by atoms with E-state index in [1.54, 1.807) is 42.5 Å². The highest BCUT2D eigenvalue weighted by atomic mass is 35.5. The highest BCUT2D eigenvalue weighted by molar-refractivity contribution is 7.92. The van der Waals surface area contributed by atoms with Gasteiger partial charge in [-0.15, -0.1) is 0 Å². The molecular weight excluding hydrogens is 531 g/mol. The van der Waals surface area contributed by atoms with Gasteiger partial charge in [0, 0.05) is 17.5 Å². The van der Waals surface area contributed by atoms with Gasteiger partial charge in [-0.25, -0.2) is 8.42 Å². The number of nitrogens with zero attached hydrogens (tertiary/aromatic N) is 1. The van der Waals surface area contributed by atoms with Crippen LogP contribution in [0.15, 0.2) is 66.7 Å². The largest absolute Gasteiger partial charge is 0.487 e. The summed E-state index contributed by atoms with van der Waals surface area (Å²) >= 11 is 12.4. The molecule has 1 N–H and O–H groups in total. The van der Waals surface area contributed by atoms with Crippen LogP contribution in [0.25, 0.3) is 0 Å². The summed E-state index contributed by atoms with van der Waals surface area (Å²) in [5.74, 6) is 0.603.